The van der Waals surface area contributed by atoms with Gasteiger partial charge in [0.2, 0.25) is 0 Å². The van der Waals surface area contributed by atoms with E-state index in [4.69, 9.17) is 4.74 Å². The van der Waals surface area contributed by atoms with Crippen LogP contribution < -0.4 is 0 Å². The fourth-order valence-corrected chi connectivity index (χ4v) is 1.26. The minimum absolute atomic E-state index is 0.341. The molecule has 0 spiro atoms. The van der Waals surface area contributed by atoms with Gasteiger partial charge in [0.15, 0.2) is 0 Å². The maximum Gasteiger partial charge on any atom is 0.340 e. The van der Waals surface area contributed by atoms with Crippen LogP contribution in [-0.2, 0) is 4.74 Å². The Bertz CT molecular complexity index is 464. The summed E-state index contributed by atoms with van der Waals surface area (Å²) in [5.74, 6) is -0.341. The van der Waals surface area contributed by atoms with E-state index in [0.717, 1.165) is 10.9 Å². The summed E-state index contributed by atoms with van der Waals surface area (Å²) in [6.07, 6.45) is 4.71. The van der Waals surface area contributed by atoms with Gasteiger partial charge in [0.25, 0.3) is 0 Å². The van der Waals surface area contributed by atoms with E-state index in [0.29, 0.717) is 12.2 Å². The molecular formula is C9H9N3O2. The molecule has 5 heteroatoms. The van der Waals surface area contributed by atoms with Crippen LogP contribution in [0.3, 0.4) is 0 Å². The number of carbonyl (C=O) groups is 1. The van der Waals surface area contributed by atoms with Gasteiger partial charge in [0, 0.05) is 11.6 Å². The second kappa shape index (κ2) is 3.45. The molecule has 1 N–H and O–H groups in total. The smallest absolute Gasteiger partial charge is 0.340 e. The summed E-state index contributed by atoms with van der Waals surface area (Å²) in [5, 5.41) is 8.14. The molecule has 0 atom stereocenters. The number of hydrogen-bond acceptors (Lipinski definition) is 4. The summed E-state index contributed by atoms with van der Waals surface area (Å²) in [6, 6.07) is 0. The average molecular weight is 191 g/mol. The van der Waals surface area contributed by atoms with Crippen LogP contribution in [0, 0.1) is 0 Å². The van der Waals surface area contributed by atoms with Crippen molar-refractivity contribution >= 4 is 16.9 Å². The fraction of sp³-hybridized carbons (Fsp3) is 0.222. The normalized spacial score (nSPS) is 10.4. The Balaban J connectivity index is 2.47. The Morgan fingerprint density at radius 3 is 3.07 bits per heavy atom. The molecule has 14 heavy (non-hydrogen) atoms. The minimum atomic E-state index is -0.341. The molecule has 5 nitrogen and oxygen atoms in total. The number of hydrogen-bond donors (Lipinski definition) is 1. The largest absolute Gasteiger partial charge is 0.462 e. The van der Waals surface area contributed by atoms with Crippen molar-refractivity contribution in [3.05, 3.63) is 24.2 Å². The molecule has 2 aromatic heterocycles. The number of aromatic nitrogens is 3. The number of rotatable bonds is 2. The maximum atomic E-state index is 11.4. The van der Waals surface area contributed by atoms with Gasteiger partial charge in [0.05, 0.1) is 30.1 Å². The molecule has 0 aliphatic carbocycles. The van der Waals surface area contributed by atoms with E-state index < -0.39 is 0 Å². The molecule has 0 saturated carbocycles. The molecule has 2 heterocycles. The van der Waals surface area contributed by atoms with Crippen LogP contribution >= 0.6 is 0 Å². The van der Waals surface area contributed by atoms with Gasteiger partial charge < -0.3 is 9.72 Å². The van der Waals surface area contributed by atoms with Crippen LogP contribution in [0.25, 0.3) is 10.9 Å². The summed E-state index contributed by atoms with van der Waals surface area (Å²) < 4.78 is 4.89. The lowest BCUT2D eigenvalue weighted by atomic mass is 10.2. The molecule has 0 aromatic carbocycles. The van der Waals surface area contributed by atoms with Gasteiger partial charge in [-0.2, -0.15) is 10.2 Å². The zero-order chi connectivity index (χ0) is 9.97. The standard InChI is InChI=1S/C9H9N3O2/c1-2-14-9(13)7-3-10-8-5-12-11-4-6(7)8/h3-5,10H,2H2,1H3. The van der Waals surface area contributed by atoms with Gasteiger partial charge in [-0.25, -0.2) is 4.79 Å². The highest BCUT2D eigenvalue weighted by Gasteiger charge is 2.12. The Hall–Kier alpha value is -1.91. The van der Waals surface area contributed by atoms with Gasteiger partial charge in [-0.05, 0) is 6.92 Å². The predicted octanol–water partition coefficient (Wildman–Crippen LogP) is 1.13. The zero-order valence-electron chi connectivity index (χ0n) is 7.65. The van der Waals surface area contributed by atoms with Gasteiger partial charge in [-0.1, -0.05) is 0 Å². The molecule has 72 valence electrons. The summed E-state index contributed by atoms with van der Waals surface area (Å²) in [6.45, 7) is 2.14. The summed E-state index contributed by atoms with van der Waals surface area (Å²) >= 11 is 0. The summed E-state index contributed by atoms with van der Waals surface area (Å²) in [5.41, 5.74) is 1.28. The lowest BCUT2D eigenvalue weighted by Crippen LogP contribution is -2.03. The number of fused-ring (bicyclic) bond motifs is 1. The Morgan fingerprint density at radius 1 is 1.50 bits per heavy atom. The van der Waals surface area contributed by atoms with Crippen molar-refractivity contribution in [2.24, 2.45) is 0 Å². The first kappa shape index (κ1) is 8.68. The van der Waals surface area contributed by atoms with Crippen molar-refractivity contribution in [3.63, 3.8) is 0 Å². The number of H-pyrrole nitrogens is 1. The van der Waals surface area contributed by atoms with E-state index in [1.54, 1.807) is 19.3 Å². The number of carbonyl (C=O) groups excluding carboxylic acids is 1. The highest BCUT2D eigenvalue weighted by molar-refractivity contribution is 6.03. The van der Waals surface area contributed by atoms with E-state index in [1.807, 2.05) is 0 Å². The number of aromatic amines is 1. The molecule has 2 aromatic rings. The number of esters is 1. The fourth-order valence-electron chi connectivity index (χ4n) is 1.26. The maximum absolute atomic E-state index is 11.4. The third-order valence-corrected chi connectivity index (χ3v) is 1.89. The Morgan fingerprint density at radius 2 is 2.29 bits per heavy atom. The van der Waals surface area contributed by atoms with Crippen molar-refractivity contribution in [3.8, 4) is 0 Å². The number of nitrogens with one attached hydrogen (secondary N) is 1. The summed E-state index contributed by atoms with van der Waals surface area (Å²) in [7, 11) is 0. The molecule has 0 saturated heterocycles. The zero-order valence-corrected chi connectivity index (χ0v) is 7.65. The highest BCUT2D eigenvalue weighted by Crippen LogP contribution is 2.16. The molecule has 0 amide bonds. The second-order valence-electron chi connectivity index (χ2n) is 2.74. The minimum Gasteiger partial charge on any atom is -0.462 e. The topological polar surface area (TPSA) is 67.9 Å². The van der Waals surface area contributed by atoms with Crippen molar-refractivity contribution in [1.82, 2.24) is 15.2 Å². The molecule has 0 fully saturated rings. The van der Waals surface area contributed by atoms with Gasteiger partial charge in [-0.15, -0.1) is 0 Å². The lowest BCUT2D eigenvalue weighted by Gasteiger charge is -1.98. The Kier molecular flexibility index (Phi) is 2.14. The van der Waals surface area contributed by atoms with E-state index in [9.17, 15) is 4.79 Å². The van der Waals surface area contributed by atoms with Crippen LogP contribution in [0.2, 0.25) is 0 Å². The van der Waals surface area contributed by atoms with Crippen LogP contribution in [0.1, 0.15) is 17.3 Å². The molecule has 0 bridgehead atoms. The molecule has 0 radical (unpaired) electrons. The number of nitrogens with zero attached hydrogens (tertiary/aromatic N) is 2. The predicted molar refractivity (Wildman–Crippen MR) is 49.8 cm³/mol. The van der Waals surface area contributed by atoms with Crippen molar-refractivity contribution < 1.29 is 9.53 Å². The van der Waals surface area contributed by atoms with Crippen molar-refractivity contribution in [2.45, 2.75) is 6.92 Å². The van der Waals surface area contributed by atoms with E-state index in [-0.39, 0.29) is 5.97 Å². The van der Waals surface area contributed by atoms with Crippen molar-refractivity contribution in [2.75, 3.05) is 6.61 Å². The molecule has 0 unspecified atom stereocenters. The average Bonchev–Trinajstić information content (AvgIpc) is 2.61. The molecule has 2 rings (SSSR count). The van der Waals surface area contributed by atoms with Crippen LogP contribution in [0.15, 0.2) is 18.6 Å². The SMILES string of the molecule is CCOC(=O)c1c[nH]c2cnncc12. The van der Waals surface area contributed by atoms with Crippen molar-refractivity contribution in [1.29, 1.82) is 0 Å². The van der Waals surface area contributed by atoms with Gasteiger partial charge in [0.1, 0.15) is 0 Å². The van der Waals surface area contributed by atoms with Crippen LogP contribution in [0.5, 0.6) is 0 Å². The first-order valence-corrected chi connectivity index (χ1v) is 4.28. The quantitative estimate of drug-likeness (QED) is 0.722. The monoisotopic (exact) mass is 191 g/mol. The highest BCUT2D eigenvalue weighted by atomic mass is 16.5. The third kappa shape index (κ3) is 1.32. The second-order valence-corrected chi connectivity index (χ2v) is 2.74. The van der Waals surface area contributed by atoms with Crippen LogP contribution in [-0.4, -0.2) is 27.8 Å². The van der Waals surface area contributed by atoms with Gasteiger partial charge >= 0.3 is 5.97 Å². The lowest BCUT2D eigenvalue weighted by molar-refractivity contribution is 0.0528. The molecule has 0 aliphatic rings. The number of ether oxygens (including phenoxy) is 1. The first-order valence-electron chi connectivity index (χ1n) is 4.28. The van der Waals surface area contributed by atoms with Crippen LogP contribution in [0.4, 0.5) is 0 Å². The van der Waals surface area contributed by atoms with E-state index in [1.165, 1.54) is 6.20 Å². The van der Waals surface area contributed by atoms with Gasteiger partial charge in [-0.3, -0.25) is 0 Å². The third-order valence-electron chi connectivity index (χ3n) is 1.89. The molecule has 0 aliphatic heterocycles. The first-order chi connectivity index (χ1) is 6.83. The molecular weight excluding hydrogens is 182 g/mol. The Labute approximate surface area is 80.1 Å². The summed E-state index contributed by atoms with van der Waals surface area (Å²) in [4.78, 5) is 14.4. The van der Waals surface area contributed by atoms with E-state index in [2.05, 4.69) is 15.2 Å². The van der Waals surface area contributed by atoms with E-state index >= 15 is 0 Å².